The molecule has 8 nitrogen and oxygen atoms in total. The molecule has 1 aromatic heterocycles. The zero-order valence-corrected chi connectivity index (χ0v) is 21.1. The highest BCUT2D eigenvalue weighted by atomic mass is 19.1. The first-order valence-electron chi connectivity index (χ1n) is 13.1. The minimum atomic E-state index is -0.396. The van der Waals surface area contributed by atoms with E-state index < -0.39 is 11.4 Å². The number of nitrogens with zero attached hydrogens (tertiary/aromatic N) is 4. The van der Waals surface area contributed by atoms with Crippen LogP contribution in [0.3, 0.4) is 0 Å². The molecule has 1 aliphatic carbocycles. The van der Waals surface area contributed by atoms with Gasteiger partial charge in [-0.05, 0) is 50.6 Å². The number of nitrogens with one attached hydrogen (secondary N) is 1. The van der Waals surface area contributed by atoms with E-state index in [-0.39, 0.29) is 29.0 Å². The van der Waals surface area contributed by atoms with Gasteiger partial charge >= 0.3 is 0 Å². The van der Waals surface area contributed by atoms with Crippen molar-refractivity contribution >= 4 is 17.4 Å². The number of benzene rings is 1. The first-order chi connectivity index (χ1) is 17.4. The predicted octanol–water partition coefficient (Wildman–Crippen LogP) is 2.92. The van der Waals surface area contributed by atoms with Gasteiger partial charge in [0.1, 0.15) is 11.5 Å². The van der Waals surface area contributed by atoms with E-state index in [4.69, 9.17) is 0 Å². The molecule has 3 heterocycles. The maximum atomic E-state index is 14.0. The molecule has 1 saturated carbocycles. The van der Waals surface area contributed by atoms with Crippen molar-refractivity contribution in [2.75, 3.05) is 33.2 Å². The molecule has 0 unspecified atom stereocenters. The number of H-pyrrole nitrogens is 1. The number of halogens is 1. The van der Waals surface area contributed by atoms with Crippen molar-refractivity contribution in [2.24, 2.45) is 0 Å². The maximum absolute atomic E-state index is 14.0. The normalized spacial score (nSPS) is 20.2. The van der Waals surface area contributed by atoms with E-state index in [1.165, 1.54) is 33.8 Å². The quantitative estimate of drug-likeness (QED) is 0.624. The van der Waals surface area contributed by atoms with Gasteiger partial charge in [0, 0.05) is 37.9 Å². The van der Waals surface area contributed by atoms with Gasteiger partial charge in [0.15, 0.2) is 0 Å². The molecular weight excluding hydrogens is 461 g/mol. The first-order valence-corrected chi connectivity index (χ1v) is 13.1. The standard InChI is InChI=1S/C27H34FN5O3/c1-3-7-21-22(26(35)33(29-21)20-12-10-18(28)11-13-20)23-24(31-16-14-30(2)15-17-31)27(36)32(25(23)34)19-8-5-4-6-9-19/h10-13,19,29H,3-9,14-17H2,1-2H3. The highest BCUT2D eigenvalue weighted by Gasteiger charge is 2.47. The summed E-state index contributed by atoms with van der Waals surface area (Å²) in [4.78, 5) is 47.4. The number of amides is 2. The van der Waals surface area contributed by atoms with Crippen molar-refractivity contribution in [3.63, 3.8) is 0 Å². The van der Waals surface area contributed by atoms with Crippen molar-refractivity contribution in [1.29, 1.82) is 0 Å². The summed E-state index contributed by atoms with van der Waals surface area (Å²) < 4.78 is 14.9. The average molecular weight is 496 g/mol. The minimum Gasteiger partial charge on any atom is -0.364 e. The van der Waals surface area contributed by atoms with Gasteiger partial charge in [0.25, 0.3) is 17.4 Å². The number of hydrogen-bond donors (Lipinski definition) is 1. The molecule has 1 N–H and O–H groups in total. The van der Waals surface area contributed by atoms with Gasteiger partial charge in [0.2, 0.25) is 0 Å². The Balaban J connectivity index is 1.66. The van der Waals surface area contributed by atoms with Crippen LogP contribution in [0.1, 0.15) is 56.7 Å². The third kappa shape index (κ3) is 4.30. The second kappa shape index (κ2) is 10.0. The van der Waals surface area contributed by atoms with Gasteiger partial charge < -0.3 is 9.80 Å². The van der Waals surface area contributed by atoms with E-state index in [0.29, 0.717) is 36.6 Å². The van der Waals surface area contributed by atoms with E-state index >= 15 is 0 Å². The Bertz CT molecular complexity index is 1230. The first kappa shape index (κ1) is 24.5. The summed E-state index contributed by atoms with van der Waals surface area (Å²) >= 11 is 0. The lowest BCUT2D eigenvalue weighted by atomic mass is 9.94. The molecule has 2 amide bonds. The van der Waals surface area contributed by atoms with Crippen LogP contribution in [0.4, 0.5) is 4.39 Å². The molecular formula is C27H34FN5O3. The van der Waals surface area contributed by atoms with Crippen LogP contribution in [0.5, 0.6) is 0 Å². The zero-order valence-electron chi connectivity index (χ0n) is 21.1. The molecule has 2 fully saturated rings. The molecule has 0 atom stereocenters. The summed E-state index contributed by atoms with van der Waals surface area (Å²) in [5.74, 6) is -1.03. The number of rotatable bonds is 6. The fraction of sp³-hybridized carbons (Fsp3) is 0.519. The SMILES string of the molecule is CCCc1[nH]n(-c2ccc(F)cc2)c(=O)c1C1=C(N2CCN(C)CC2)C(=O)N(C2CCCCC2)C1=O. The minimum absolute atomic E-state index is 0.133. The summed E-state index contributed by atoms with van der Waals surface area (Å²) in [7, 11) is 2.04. The van der Waals surface area contributed by atoms with Crippen LogP contribution in [0.15, 0.2) is 34.8 Å². The van der Waals surface area contributed by atoms with Crippen molar-refractivity contribution in [3.05, 3.63) is 57.4 Å². The van der Waals surface area contributed by atoms with Gasteiger partial charge in [-0.1, -0.05) is 32.6 Å². The Labute approximate surface area is 210 Å². The van der Waals surface area contributed by atoms with E-state index in [2.05, 4.69) is 10.00 Å². The number of likely N-dealkylation sites (N-methyl/N-ethyl adjacent to an activating group) is 1. The van der Waals surface area contributed by atoms with Gasteiger partial charge in [-0.2, -0.15) is 0 Å². The zero-order chi connectivity index (χ0) is 25.4. The van der Waals surface area contributed by atoms with Crippen molar-refractivity contribution < 1.29 is 14.0 Å². The van der Waals surface area contributed by atoms with Crippen LogP contribution in [-0.4, -0.2) is 75.6 Å². The number of aromatic nitrogens is 2. The van der Waals surface area contributed by atoms with E-state index in [0.717, 1.165) is 51.6 Å². The van der Waals surface area contributed by atoms with Crippen molar-refractivity contribution in [3.8, 4) is 5.69 Å². The van der Waals surface area contributed by atoms with Crippen LogP contribution >= 0.6 is 0 Å². The number of carbonyl (C=O) groups excluding carboxylic acids is 2. The Kier molecular flexibility index (Phi) is 6.83. The molecule has 192 valence electrons. The fourth-order valence-corrected chi connectivity index (χ4v) is 5.70. The average Bonchev–Trinajstić information content (AvgIpc) is 3.33. The molecule has 5 rings (SSSR count). The summed E-state index contributed by atoms with van der Waals surface area (Å²) in [5, 5.41) is 3.16. The highest BCUT2D eigenvalue weighted by Crippen LogP contribution is 2.36. The highest BCUT2D eigenvalue weighted by molar-refractivity contribution is 6.35. The number of carbonyl (C=O) groups is 2. The van der Waals surface area contributed by atoms with Crippen LogP contribution < -0.4 is 5.56 Å². The predicted molar refractivity (Wildman–Crippen MR) is 135 cm³/mol. The molecule has 2 aromatic rings. The topological polar surface area (TPSA) is 81.7 Å². The molecule has 0 spiro atoms. The number of aryl methyl sites for hydroxylation is 1. The molecule has 9 heteroatoms. The third-order valence-electron chi connectivity index (χ3n) is 7.65. The smallest absolute Gasteiger partial charge is 0.279 e. The summed E-state index contributed by atoms with van der Waals surface area (Å²) in [6, 6.07) is 5.51. The van der Waals surface area contributed by atoms with Gasteiger partial charge in [-0.25, -0.2) is 9.07 Å². The summed E-state index contributed by atoms with van der Waals surface area (Å²) in [6.07, 6.45) is 5.99. The monoisotopic (exact) mass is 495 g/mol. The Morgan fingerprint density at radius 1 is 0.944 bits per heavy atom. The maximum Gasteiger partial charge on any atom is 0.279 e. The number of aromatic amines is 1. The van der Waals surface area contributed by atoms with Crippen LogP contribution in [0, 0.1) is 5.82 Å². The number of hydrogen-bond acceptors (Lipinski definition) is 5. The largest absolute Gasteiger partial charge is 0.364 e. The lowest BCUT2D eigenvalue weighted by molar-refractivity contribution is -0.141. The molecule has 1 saturated heterocycles. The van der Waals surface area contributed by atoms with E-state index in [1.807, 2.05) is 18.9 Å². The second-order valence-corrected chi connectivity index (χ2v) is 10.1. The molecule has 0 bridgehead atoms. The molecule has 3 aliphatic rings. The molecule has 0 radical (unpaired) electrons. The lowest BCUT2D eigenvalue weighted by Gasteiger charge is -2.35. The number of imide groups is 1. The summed E-state index contributed by atoms with van der Waals surface area (Å²) in [5.41, 5.74) is 1.57. The van der Waals surface area contributed by atoms with Crippen molar-refractivity contribution in [2.45, 2.75) is 57.9 Å². The Morgan fingerprint density at radius 2 is 1.61 bits per heavy atom. The van der Waals surface area contributed by atoms with Gasteiger partial charge in [-0.3, -0.25) is 24.4 Å². The van der Waals surface area contributed by atoms with Crippen molar-refractivity contribution in [1.82, 2.24) is 24.5 Å². The lowest BCUT2D eigenvalue weighted by Crippen LogP contribution is -2.47. The fourth-order valence-electron chi connectivity index (χ4n) is 5.70. The van der Waals surface area contributed by atoms with Gasteiger partial charge in [-0.15, -0.1) is 0 Å². The van der Waals surface area contributed by atoms with Crippen LogP contribution in [0.2, 0.25) is 0 Å². The third-order valence-corrected chi connectivity index (χ3v) is 7.65. The molecule has 36 heavy (non-hydrogen) atoms. The van der Waals surface area contributed by atoms with Crippen LogP contribution in [0.25, 0.3) is 11.3 Å². The van der Waals surface area contributed by atoms with Gasteiger partial charge in [0.05, 0.1) is 16.8 Å². The number of piperazine rings is 1. The Morgan fingerprint density at radius 3 is 2.25 bits per heavy atom. The van der Waals surface area contributed by atoms with E-state index in [1.54, 1.807) is 0 Å². The molecule has 2 aliphatic heterocycles. The summed E-state index contributed by atoms with van der Waals surface area (Å²) in [6.45, 7) is 4.79. The van der Waals surface area contributed by atoms with E-state index in [9.17, 15) is 18.8 Å². The molecule has 1 aromatic carbocycles. The Hall–Kier alpha value is -3.20. The second-order valence-electron chi connectivity index (χ2n) is 10.1. The van der Waals surface area contributed by atoms with Crippen LogP contribution in [-0.2, 0) is 16.0 Å².